The van der Waals surface area contributed by atoms with Crippen LogP contribution in [0.3, 0.4) is 0 Å². The van der Waals surface area contributed by atoms with Crippen LogP contribution in [0.15, 0.2) is 36.5 Å². The van der Waals surface area contributed by atoms with Crippen LogP contribution in [-0.4, -0.2) is 9.97 Å². The first-order valence-electron chi connectivity index (χ1n) is 6.31. The second-order valence-electron chi connectivity index (χ2n) is 4.92. The summed E-state index contributed by atoms with van der Waals surface area (Å²) in [6.07, 6.45) is 3.62. The molecule has 3 nitrogen and oxygen atoms in total. The number of fused-ring (bicyclic) bond motifs is 4. The maximum absolute atomic E-state index is 8.97. The Morgan fingerprint density at radius 1 is 1.21 bits per heavy atom. The molecule has 4 rings (SSSR count). The van der Waals surface area contributed by atoms with E-state index in [4.69, 9.17) is 5.26 Å². The molecule has 3 heteroatoms. The second-order valence-corrected chi connectivity index (χ2v) is 4.92. The van der Waals surface area contributed by atoms with E-state index in [1.807, 2.05) is 30.5 Å². The highest BCUT2D eigenvalue weighted by molar-refractivity contribution is 5.86. The molecule has 0 saturated heterocycles. The van der Waals surface area contributed by atoms with E-state index in [0.717, 1.165) is 24.1 Å². The SMILES string of the molecule is N#Cc1ccc2c3c([nH]c2c1)Cc1ncccc1C3. The van der Waals surface area contributed by atoms with Gasteiger partial charge in [0.25, 0.3) is 0 Å². The van der Waals surface area contributed by atoms with Crippen LogP contribution in [0.5, 0.6) is 0 Å². The molecule has 0 aliphatic heterocycles. The van der Waals surface area contributed by atoms with Crippen molar-refractivity contribution in [3.05, 3.63) is 64.6 Å². The molecule has 1 aliphatic carbocycles. The first-order chi connectivity index (χ1) is 9.35. The lowest BCUT2D eigenvalue weighted by atomic mass is 9.92. The summed E-state index contributed by atoms with van der Waals surface area (Å²) >= 11 is 0. The molecule has 0 atom stereocenters. The zero-order valence-corrected chi connectivity index (χ0v) is 10.3. The molecule has 0 amide bonds. The van der Waals surface area contributed by atoms with E-state index in [1.165, 1.54) is 22.2 Å². The molecule has 1 N–H and O–H groups in total. The highest BCUT2D eigenvalue weighted by Gasteiger charge is 2.20. The van der Waals surface area contributed by atoms with Crippen molar-refractivity contribution >= 4 is 10.9 Å². The summed E-state index contributed by atoms with van der Waals surface area (Å²) in [6, 6.07) is 12.2. The molecule has 0 radical (unpaired) electrons. The molecule has 0 bridgehead atoms. The number of nitriles is 1. The number of H-pyrrole nitrogens is 1. The number of pyridine rings is 1. The van der Waals surface area contributed by atoms with Gasteiger partial charge in [-0.15, -0.1) is 0 Å². The van der Waals surface area contributed by atoms with Gasteiger partial charge in [-0.1, -0.05) is 12.1 Å². The number of rotatable bonds is 0. The minimum absolute atomic E-state index is 0.696. The van der Waals surface area contributed by atoms with Gasteiger partial charge >= 0.3 is 0 Å². The van der Waals surface area contributed by atoms with Gasteiger partial charge in [0.15, 0.2) is 0 Å². The number of aromatic amines is 1. The monoisotopic (exact) mass is 245 g/mol. The van der Waals surface area contributed by atoms with Crippen molar-refractivity contribution in [1.82, 2.24) is 9.97 Å². The van der Waals surface area contributed by atoms with Gasteiger partial charge in [0.2, 0.25) is 0 Å². The molecule has 0 saturated carbocycles. The van der Waals surface area contributed by atoms with Gasteiger partial charge < -0.3 is 4.98 Å². The highest BCUT2D eigenvalue weighted by Crippen LogP contribution is 2.31. The lowest BCUT2D eigenvalue weighted by Crippen LogP contribution is -2.07. The second kappa shape index (κ2) is 3.69. The van der Waals surface area contributed by atoms with Gasteiger partial charge in [0, 0.05) is 41.3 Å². The summed E-state index contributed by atoms with van der Waals surface area (Å²) in [4.78, 5) is 7.89. The molecule has 0 fully saturated rings. The molecule has 90 valence electrons. The topological polar surface area (TPSA) is 52.5 Å². The van der Waals surface area contributed by atoms with E-state index in [9.17, 15) is 0 Å². The van der Waals surface area contributed by atoms with Crippen LogP contribution in [0.2, 0.25) is 0 Å². The van der Waals surface area contributed by atoms with E-state index < -0.39 is 0 Å². The Bertz CT molecular complexity index is 837. The summed E-state index contributed by atoms with van der Waals surface area (Å²) in [5.74, 6) is 0. The van der Waals surface area contributed by atoms with Crippen molar-refractivity contribution in [3.63, 3.8) is 0 Å². The molecule has 2 heterocycles. The number of hydrogen-bond donors (Lipinski definition) is 1. The van der Waals surface area contributed by atoms with Crippen molar-refractivity contribution in [2.45, 2.75) is 12.8 Å². The van der Waals surface area contributed by atoms with Gasteiger partial charge in [-0.3, -0.25) is 4.98 Å². The quantitative estimate of drug-likeness (QED) is 0.518. The molecular formula is C16H11N3. The van der Waals surface area contributed by atoms with Gasteiger partial charge in [-0.2, -0.15) is 5.26 Å². The first kappa shape index (κ1) is 10.3. The fourth-order valence-electron chi connectivity index (χ4n) is 2.88. The lowest BCUT2D eigenvalue weighted by Gasteiger charge is -2.15. The van der Waals surface area contributed by atoms with Crippen LogP contribution in [0.25, 0.3) is 10.9 Å². The van der Waals surface area contributed by atoms with E-state index in [1.54, 1.807) is 0 Å². The van der Waals surface area contributed by atoms with E-state index in [0.29, 0.717) is 5.56 Å². The summed E-state index contributed by atoms with van der Waals surface area (Å²) in [5, 5.41) is 10.2. The van der Waals surface area contributed by atoms with Gasteiger partial charge in [0.1, 0.15) is 0 Å². The van der Waals surface area contributed by atoms with Crippen LogP contribution in [0.4, 0.5) is 0 Å². The smallest absolute Gasteiger partial charge is 0.0992 e. The first-order valence-corrected chi connectivity index (χ1v) is 6.31. The zero-order valence-electron chi connectivity index (χ0n) is 10.3. The average Bonchev–Trinajstić information content (AvgIpc) is 2.81. The average molecular weight is 245 g/mol. The minimum atomic E-state index is 0.696. The van der Waals surface area contributed by atoms with Crippen molar-refractivity contribution in [3.8, 4) is 6.07 Å². The van der Waals surface area contributed by atoms with Gasteiger partial charge in [0.05, 0.1) is 11.6 Å². The Balaban J connectivity index is 1.93. The normalized spacial score (nSPS) is 12.8. The molecular weight excluding hydrogens is 234 g/mol. The third-order valence-corrected chi connectivity index (χ3v) is 3.82. The number of hydrogen-bond acceptors (Lipinski definition) is 2. The van der Waals surface area contributed by atoms with Crippen molar-refractivity contribution < 1.29 is 0 Å². The van der Waals surface area contributed by atoms with Crippen LogP contribution in [0, 0.1) is 11.3 Å². The molecule has 19 heavy (non-hydrogen) atoms. The molecule has 2 aromatic heterocycles. The Kier molecular flexibility index (Phi) is 2.01. The number of nitrogens with one attached hydrogen (secondary N) is 1. The van der Waals surface area contributed by atoms with Crippen molar-refractivity contribution in [2.75, 3.05) is 0 Å². The molecule has 3 aromatic rings. The zero-order chi connectivity index (χ0) is 12.8. The lowest BCUT2D eigenvalue weighted by molar-refractivity contribution is 0.925. The number of aromatic nitrogens is 2. The highest BCUT2D eigenvalue weighted by atomic mass is 14.8. The molecule has 1 aromatic carbocycles. The van der Waals surface area contributed by atoms with Crippen molar-refractivity contribution in [2.24, 2.45) is 0 Å². The Morgan fingerprint density at radius 3 is 3.05 bits per heavy atom. The van der Waals surface area contributed by atoms with Crippen LogP contribution in [0.1, 0.15) is 28.1 Å². The van der Waals surface area contributed by atoms with E-state index in [2.05, 4.69) is 22.1 Å². The van der Waals surface area contributed by atoms with Gasteiger partial charge in [-0.25, -0.2) is 0 Å². The third-order valence-electron chi connectivity index (χ3n) is 3.82. The predicted molar refractivity (Wildman–Crippen MR) is 72.9 cm³/mol. The summed E-state index contributed by atoms with van der Waals surface area (Å²) in [7, 11) is 0. The third kappa shape index (κ3) is 1.47. The predicted octanol–water partition coefficient (Wildman–Crippen LogP) is 2.93. The maximum atomic E-state index is 8.97. The van der Waals surface area contributed by atoms with E-state index >= 15 is 0 Å². The Hall–Kier alpha value is -2.60. The van der Waals surface area contributed by atoms with E-state index in [-0.39, 0.29) is 0 Å². The fourth-order valence-corrected chi connectivity index (χ4v) is 2.88. The molecule has 0 unspecified atom stereocenters. The molecule has 0 spiro atoms. The Labute approximate surface area is 110 Å². The number of nitrogens with zero attached hydrogens (tertiary/aromatic N) is 2. The summed E-state index contributed by atoms with van der Waals surface area (Å²) < 4.78 is 0. The largest absolute Gasteiger partial charge is 0.358 e. The summed E-state index contributed by atoms with van der Waals surface area (Å²) in [5.41, 5.74) is 6.79. The van der Waals surface area contributed by atoms with Crippen LogP contribution < -0.4 is 0 Å². The fraction of sp³-hybridized carbons (Fsp3) is 0.125. The minimum Gasteiger partial charge on any atom is -0.358 e. The van der Waals surface area contributed by atoms with Crippen LogP contribution >= 0.6 is 0 Å². The van der Waals surface area contributed by atoms with Gasteiger partial charge in [-0.05, 0) is 29.3 Å². The summed E-state index contributed by atoms with van der Waals surface area (Å²) in [6.45, 7) is 0. The van der Waals surface area contributed by atoms with Crippen LogP contribution in [-0.2, 0) is 12.8 Å². The Morgan fingerprint density at radius 2 is 2.16 bits per heavy atom. The van der Waals surface area contributed by atoms with Crippen molar-refractivity contribution in [1.29, 1.82) is 5.26 Å². The maximum Gasteiger partial charge on any atom is 0.0992 e. The number of benzene rings is 1. The standard InChI is InChI=1S/C16H11N3/c17-9-10-3-4-12-13-7-11-2-1-5-18-14(11)8-16(13)19-15(12)6-10/h1-6,19H,7-8H2. The molecule has 1 aliphatic rings.